The fourth-order valence-electron chi connectivity index (χ4n) is 3.00. The van der Waals surface area contributed by atoms with Crippen LogP contribution in [0.2, 0.25) is 0 Å². The third-order valence-corrected chi connectivity index (χ3v) is 4.70. The van der Waals surface area contributed by atoms with Crippen LogP contribution in [0.3, 0.4) is 0 Å². The molecular weight excluding hydrogens is 278 g/mol. The van der Waals surface area contributed by atoms with E-state index in [0.717, 1.165) is 22.4 Å². The molecule has 0 spiro atoms. The lowest BCUT2D eigenvalue weighted by Crippen LogP contribution is -2.43. The Hall–Kier alpha value is -0.610. The molecule has 3 heterocycles. The van der Waals surface area contributed by atoms with Gasteiger partial charge in [-0.15, -0.1) is 0 Å². The number of hydrogen-bond acceptors (Lipinski definition) is 3. The predicted octanol–water partition coefficient (Wildman–Crippen LogP) is 2.85. The lowest BCUT2D eigenvalue weighted by Gasteiger charge is -2.30. The zero-order valence-corrected chi connectivity index (χ0v) is 11.6. The molecule has 0 radical (unpaired) electrons. The number of fused-ring (bicyclic) bond motifs is 2. The summed E-state index contributed by atoms with van der Waals surface area (Å²) in [5.74, 6) is 1.01. The quantitative estimate of drug-likeness (QED) is 0.881. The molecule has 92 valence electrons. The summed E-state index contributed by atoms with van der Waals surface area (Å²) in [6, 6.07) is 4.15. The van der Waals surface area contributed by atoms with Crippen LogP contribution >= 0.6 is 15.9 Å². The summed E-state index contributed by atoms with van der Waals surface area (Å²) in [6.07, 6.45) is 7.03. The molecule has 3 nitrogen and oxygen atoms in total. The summed E-state index contributed by atoms with van der Waals surface area (Å²) in [5, 5.41) is 7.24. The number of piperidine rings is 1. The zero-order chi connectivity index (χ0) is 11.8. The van der Waals surface area contributed by atoms with Crippen LogP contribution in [0.4, 0.5) is 5.82 Å². The highest BCUT2D eigenvalue weighted by Gasteiger charge is 2.33. The number of nitrogens with zero attached hydrogens (tertiary/aromatic N) is 1. The van der Waals surface area contributed by atoms with Crippen LogP contribution in [0.5, 0.6) is 0 Å². The molecule has 2 N–H and O–H groups in total. The molecule has 2 aliphatic heterocycles. The van der Waals surface area contributed by atoms with Crippen molar-refractivity contribution in [2.75, 3.05) is 5.32 Å². The zero-order valence-electron chi connectivity index (χ0n) is 10.0. The van der Waals surface area contributed by atoms with Crippen molar-refractivity contribution in [3.8, 4) is 0 Å². The van der Waals surface area contributed by atoms with Gasteiger partial charge in [0.25, 0.3) is 0 Å². The van der Waals surface area contributed by atoms with Crippen LogP contribution < -0.4 is 10.6 Å². The Morgan fingerprint density at radius 1 is 1.35 bits per heavy atom. The van der Waals surface area contributed by atoms with Crippen molar-refractivity contribution in [1.82, 2.24) is 10.3 Å². The molecule has 2 fully saturated rings. The molecule has 1 aromatic heterocycles. The van der Waals surface area contributed by atoms with E-state index >= 15 is 0 Å². The summed E-state index contributed by atoms with van der Waals surface area (Å²) < 4.78 is 1.08. The summed E-state index contributed by atoms with van der Waals surface area (Å²) in [4.78, 5) is 4.43. The van der Waals surface area contributed by atoms with E-state index in [1.54, 1.807) is 0 Å². The second-order valence-corrected chi connectivity index (χ2v) is 6.12. The monoisotopic (exact) mass is 295 g/mol. The molecule has 2 unspecified atom stereocenters. The largest absolute Gasteiger partial charge is 0.367 e. The first kappa shape index (κ1) is 11.5. The van der Waals surface area contributed by atoms with E-state index in [-0.39, 0.29) is 0 Å². The first-order valence-electron chi connectivity index (χ1n) is 6.35. The number of nitrogens with one attached hydrogen (secondary N) is 2. The van der Waals surface area contributed by atoms with Crippen LogP contribution in [0.1, 0.15) is 31.2 Å². The van der Waals surface area contributed by atoms with Crippen molar-refractivity contribution < 1.29 is 0 Å². The van der Waals surface area contributed by atoms with E-state index in [1.165, 1.54) is 31.2 Å². The molecule has 17 heavy (non-hydrogen) atoms. The molecule has 0 amide bonds. The average molecular weight is 296 g/mol. The van der Waals surface area contributed by atoms with Crippen LogP contribution in [0, 0.1) is 6.92 Å². The van der Waals surface area contributed by atoms with Gasteiger partial charge >= 0.3 is 0 Å². The molecule has 0 aromatic carbocycles. The summed E-state index contributed by atoms with van der Waals surface area (Å²) in [6.45, 7) is 2.10. The topological polar surface area (TPSA) is 37.0 Å². The fraction of sp³-hybridized carbons (Fsp3) is 0.615. The van der Waals surface area contributed by atoms with Gasteiger partial charge in [-0.2, -0.15) is 0 Å². The second kappa shape index (κ2) is 4.58. The van der Waals surface area contributed by atoms with Gasteiger partial charge in [0, 0.05) is 28.8 Å². The van der Waals surface area contributed by atoms with Gasteiger partial charge in [0.1, 0.15) is 5.82 Å². The van der Waals surface area contributed by atoms with Crippen molar-refractivity contribution in [2.24, 2.45) is 0 Å². The minimum absolute atomic E-state index is 0.585. The molecular formula is C13H18BrN3. The Morgan fingerprint density at radius 3 is 2.71 bits per heavy atom. The maximum Gasteiger partial charge on any atom is 0.126 e. The third kappa shape index (κ3) is 2.47. The molecule has 3 rings (SSSR count). The van der Waals surface area contributed by atoms with E-state index in [9.17, 15) is 0 Å². The lowest BCUT2D eigenvalue weighted by molar-refractivity contribution is 0.377. The lowest BCUT2D eigenvalue weighted by atomic mass is 10.00. The van der Waals surface area contributed by atoms with E-state index in [4.69, 9.17) is 0 Å². The first-order valence-corrected chi connectivity index (χ1v) is 7.15. The maximum absolute atomic E-state index is 4.43. The number of rotatable bonds is 2. The summed E-state index contributed by atoms with van der Waals surface area (Å²) in [5.41, 5.74) is 1.24. The van der Waals surface area contributed by atoms with Crippen LogP contribution in [0.25, 0.3) is 0 Å². The number of aromatic nitrogens is 1. The number of anilines is 1. The molecule has 0 saturated carbocycles. The SMILES string of the molecule is Cc1cc(NC2CC3CCC(C2)N3)ncc1Br. The Labute approximate surface area is 111 Å². The van der Waals surface area contributed by atoms with E-state index in [1.807, 2.05) is 6.20 Å². The van der Waals surface area contributed by atoms with Crippen LogP contribution in [0.15, 0.2) is 16.7 Å². The van der Waals surface area contributed by atoms with Gasteiger partial charge in [-0.05, 0) is 60.2 Å². The number of hydrogen-bond donors (Lipinski definition) is 2. The fourth-order valence-corrected chi connectivity index (χ4v) is 3.22. The second-order valence-electron chi connectivity index (χ2n) is 5.27. The standard InChI is InChI=1S/C13H18BrN3/c1-8-4-13(15-7-12(8)14)17-11-5-9-2-3-10(6-11)16-9/h4,7,9-11,16H,2-3,5-6H2,1H3,(H,15,17). The van der Waals surface area contributed by atoms with Gasteiger partial charge in [-0.1, -0.05) is 0 Å². The number of aryl methyl sites for hydroxylation is 1. The highest BCUT2D eigenvalue weighted by Crippen LogP contribution is 2.28. The van der Waals surface area contributed by atoms with E-state index in [2.05, 4.69) is 44.5 Å². The Bertz CT molecular complexity index is 409. The third-order valence-electron chi connectivity index (χ3n) is 3.87. The average Bonchev–Trinajstić information content (AvgIpc) is 2.64. The molecule has 2 bridgehead atoms. The summed E-state index contributed by atoms with van der Waals surface area (Å²) in [7, 11) is 0. The number of halogens is 1. The normalized spacial score (nSPS) is 31.5. The van der Waals surface area contributed by atoms with Crippen molar-refractivity contribution in [1.29, 1.82) is 0 Å². The van der Waals surface area contributed by atoms with Crippen molar-refractivity contribution >= 4 is 21.7 Å². The van der Waals surface area contributed by atoms with Gasteiger partial charge in [0.05, 0.1) is 0 Å². The Balaban J connectivity index is 1.68. The smallest absolute Gasteiger partial charge is 0.126 e. The molecule has 4 heteroatoms. The van der Waals surface area contributed by atoms with Gasteiger partial charge in [-0.3, -0.25) is 0 Å². The molecule has 2 aliphatic rings. The van der Waals surface area contributed by atoms with Crippen molar-refractivity contribution in [3.05, 3.63) is 22.3 Å². The first-order chi connectivity index (χ1) is 8.20. The molecule has 2 saturated heterocycles. The summed E-state index contributed by atoms with van der Waals surface area (Å²) >= 11 is 3.48. The van der Waals surface area contributed by atoms with Crippen LogP contribution in [-0.4, -0.2) is 23.1 Å². The van der Waals surface area contributed by atoms with E-state index < -0.39 is 0 Å². The molecule has 1 aromatic rings. The van der Waals surface area contributed by atoms with Crippen molar-refractivity contribution in [2.45, 2.75) is 50.7 Å². The molecule has 0 aliphatic carbocycles. The van der Waals surface area contributed by atoms with Crippen molar-refractivity contribution in [3.63, 3.8) is 0 Å². The predicted molar refractivity (Wildman–Crippen MR) is 73.3 cm³/mol. The minimum Gasteiger partial charge on any atom is -0.367 e. The van der Waals surface area contributed by atoms with Gasteiger partial charge in [-0.25, -0.2) is 4.98 Å². The van der Waals surface area contributed by atoms with Crippen LogP contribution in [-0.2, 0) is 0 Å². The van der Waals surface area contributed by atoms with Gasteiger partial charge in [0.15, 0.2) is 0 Å². The maximum atomic E-state index is 4.43. The molecule has 2 atom stereocenters. The Kier molecular flexibility index (Phi) is 3.09. The minimum atomic E-state index is 0.585. The highest BCUT2D eigenvalue weighted by atomic mass is 79.9. The Morgan fingerprint density at radius 2 is 2.06 bits per heavy atom. The highest BCUT2D eigenvalue weighted by molar-refractivity contribution is 9.10. The number of pyridine rings is 1. The van der Waals surface area contributed by atoms with Gasteiger partial charge < -0.3 is 10.6 Å². The van der Waals surface area contributed by atoms with Gasteiger partial charge in [0.2, 0.25) is 0 Å². The van der Waals surface area contributed by atoms with E-state index in [0.29, 0.717) is 6.04 Å².